The van der Waals surface area contributed by atoms with E-state index in [1.165, 1.54) is 6.33 Å². The molecule has 1 fully saturated rings. The normalized spacial score (nSPS) is 17.3. The maximum atomic E-state index is 12.7. The first-order chi connectivity index (χ1) is 20.2. The van der Waals surface area contributed by atoms with Gasteiger partial charge in [-0.1, -0.05) is 44.1 Å². The van der Waals surface area contributed by atoms with Crippen molar-refractivity contribution in [2.24, 2.45) is 0 Å². The number of nitrogens with two attached hydrogens (primary N) is 1. The Morgan fingerprint density at radius 2 is 1.74 bits per heavy atom. The molecule has 42 heavy (non-hydrogen) atoms. The van der Waals surface area contributed by atoms with Crippen molar-refractivity contribution in [1.82, 2.24) is 30.2 Å². The number of fused-ring (bicyclic) bond motifs is 1. The van der Waals surface area contributed by atoms with Gasteiger partial charge in [-0.25, -0.2) is 14.6 Å². The lowest BCUT2D eigenvalue weighted by Gasteiger charge is -2.29. The average Bonchev–Trinajstić information content (AvgIpc) is 3.61. The molecule has 3 N–H and O–H groups in total. The van der Waals surface area contributed by atoms with Gasteiger partial charge in [0.1, 0.15) is 35.1 Å². The van der Waals surface area contributed by atoms with Gasteiger partial charge in [0.15, 0.2) is 5.65 Å². The molecule has 0 aliphatic heterocycles. The van der Waals surface area contributed by atoms with E-state index in [1.54, 1.807) is 0 Å². The SMILES string of the molecule is CC(C)(C)c1cc(CC(=O)N[C@H]2CC[C@H](n3nc(-c4ccc(Oc5ccccc5)cc4)c4c(N)ncnc43)CC2)no1. The molecule has 1 aliphatic rings. The van der Waals surface area contributed by atoms with Crippen LogP contribution in [0.5, 0.6) is 11.5 Å². The number of rotatable bonds is 7. The first kappa shape index (κ1) is 27.4. The minimum Gasteiger partial charge on any atom is -0.457 e. The van der Waals surface area contributed by atoms with Crippen LogP contribution in [0.15, 0.2) is 71.5 Å². The molecule has 6 rings (SSSR count). The Balaban J connectivity index is 1.14. The number of nitrogens with one attached hydrogen (secondary N) is 1. The molecule has 10 heteroatoms. The fourth-order valence-corrected chi connectivity index (χ4v) is 5.41. The quantitative estimate of drug-likeness (QED) is 0.246. The topological polar surface area (TPSA) is 134 Å². The second-order valence-corrected chi connectivity index (χ2v) is 11.9. The van der Waals surface area contributed by atoms with Gasteiger partial charge in [0.2, 0.25) is 5.91 Å². The van der Waals surface area contributed by atoms with Crippen molar-refractivity contribution in [2.45, 2.75) is 70.4 Å². The van der Waals surface area contributed by atoms with Crippen LogP contribution in [0.1, 0.15) is 64.0 Å². The van der Waals surface area contributed by atoms with E-state index in [4.69, 9.17) is 20.1 Å². The van der Waals surface area contributed by atoms with Gasteiger partial charge in [-0.3, -0.25) is 4.79 Å². The molecule has 3 heterocycles. The molecule has 1 amide bonds. The van der Waals surface area contributed by atoms with E-state index in [1.807, 2.05) is 65.3 Å². The number of nitrogens with zero attached hydrogens (tertiary/aromatic N) is 5. The maximum Gasteiger partial charge on any atom is 0.226 e. The summed E-state index contributed by atoms with van der Waals surface area (Å²) in [7, 11) is 0. The number of benzene rings is 2. The van der Waals surface area contributed by atoms with Crippen LogP contribution in [0.3, 0.4) is 0 Å². The zero-order chi connectivity index (χ0) is 29.3. The van der Waals surface area contributed by atoms with Crippen LogP contribution >= 0.6 is 0 Å². The molecule has 0 bridgehead atoms. The Kier molecular flexibility index (Phi) is 7.36. The Labute approximate surface area is 244 Å². The molecule has 2 aromatic carbocycles. The smallest absolute Gasteiger partial charge is 0.226 e. The van der Waals surface area contributed by atoms with Gasteiger partial charge in [-0.2, -0.15) is 5.10 Å². The van der Waals surface area contributed by atoms with E-state index >= 15 is 0 Å². The van der Waals surface area contributed by atoms with Crippen LogP contribution in [0.2, 0.25) is 0 Å². The minimum absolute atomic E-state index is 0.0424. The number of para-hydroxylation sites is 1. The van der Waals surface area contributed by atoms with Crippen molar-refractivity contribution in [1.29, 1.82) is 0 Å². The number of aromatic nitrogens is 5. The highest BCUT2D eigenvalue weighted by atomic mass is 16.5. The Hall–Kier alpha value is -4.73. The number of carbonyl (C=O) groups is 1. The molecule has 3 aromatic heterocycles. The predicted molar refractivity (Wildman–Crippen MR) is 160 cm³/mol. The molecular formula is C32H35N7O3. The van der Waals surface area contributed by atoms with Crippen molar-refractivity contribution in [3.63, 3.8) is 0 Å². The van der Waals surface area contributed by atoms with Crippen LogP contribution in [0.25, 0.3) is 22.3 Å². The van der Waals surface area contributed by atoms with Gasteiger partial charge in [0.25, 0.3) is 0 Å². The number of hydrogen-bond donors (Lipinski definition) is 2. The zero-order valence-corrected chi connectivity index (χ0v) is 24.1. The molecule has 0 radical (unpaired) electrons. The van der Waals surface area contributed by atoms with Crippen LogP contribution in [0, 0.1) is 0 Å². The van der Waals surface area contributed by atoms with Crippen LogP contribution in [0.4, 0.5) is 5.82 Å². The molecule has 1 aliphatic carbocycles. The van der Waals surface area contributed by atoms with Crippen molar-refractivity contribution in [3.05, 3.63) is 78.4 Å². The summed E-state index contributed by atoms with van der Waals surface area (Å²) < 4.78 is 13.4. The molecule has 5 aromatic rings. The molecule has 1 saturated carbocycles. The predicted octanol–water partition coefficient (Wildman–Crippen LogP) is 6.00. The van der Waals surface area contributed by atoms with E-state index in [9.17, 15) is 4.79 Å². The molecule has 216 valence electrons. The summed E-state index contributed by atoms with van der Waals surface area (Å²) in [6.07, 6.45) is 5.08. The monoisotopic (exact) mass is 565 g/mol. The van der Waals surface area contributed by atoms with Crippen LogP contribution < -0.4 is 15.8 Å². The van der Waals surface area contributed by atoms with Gasteiger partial charge in [-0.05, 0) is 62.1 Å². The summed E-state index contributed by atoms with van der Waals surface area (Å²) in [4.78, 5) is 21.6. The second kappa shape index (κ2) is 11.3. The third-order valence-electron chi connectivity index (χ3n) is 7.67. The van der Waals surface area contributed by atoms with Gasteiger partial charge < -0.3 is 20.3 Å². The molecule has 0 spiro atoms. The first-order valence-corrected chi connectivity index (χ1v) is 14.3. The maximum absolute atomic E-state index is 12.7. The van der Waals surface area contributed by atoms with E-state index in [-0.39, 0.29) is 29.8 Å². The molecule has 10 nitrogen and oxygen atoms in total. The van der Waals surface area contributed by atoms with E-state index in [0.717, 1.165) is 65.2 Å². The summed E-state index contributed by atoms with van der Waals surface area (Å²) in [6, 6.07) is 19.6. The summed E-state index contributed by atoms with van der Waals surface area (Å²) in [5.74, 6) is 2.64. The largest absolute Gasteiger partial charge is 0.457 e. The van der Waals surface area contributed by atoms with Gasteiger partial charge in [-0.15, -0.1) is 0 Å². The highest BCUT2D eigenvalue weighted by Crippen LogP contribution is 2.36. The first-order valence-electron chi connectivity index (χ1n) is 14.3. The number of ether oxygens (including phenoxy) is 1. The van der Waals surface area contributed by atoms with Crippen LogP contribution in [-0.4, -0.2) is 36.9 Å². The Morgan fingerprint density at radius 1 is 1.02 bits per heavy atom. The summed E-state index contributed by atoms with van der Waals surface area (Å²) >= 11 is 0. The van der Waals surface area contributed by atoms with Gasteiger partial charge in [0, 0.05) is 23.1 Å². The third-order valence-corrected chi connectivity index (χ3v) is 7.67. The Morgan fingerprint density at radius 3 is 2.43 bits per heavy atom. The summed E-state index contributed by atoms with van der Waals surface area (Å²) in [5, 5.41) is 13.0. The Bertz CT molecular complexity index is 1680. The molecule has 0 unspecified atom stereocenters. The fourth-order valence-electron chi connectivity index (χ4n) is 5.41. The standard InChI is InChI=1S/C32H35N7O3/c1-32(2,3)26-17-22(38-42-26)18-27(40)36-21-11-13-23(14-12-21)39-31-28(30(33)34-19-35-31)29(37-39)20-9-15-25(16-10-20)41-24-7-5-4-6-8-24/h4-10,15-17,19,21,23H,11-14,18H2,1-3H3,(H,36,40)(H2,33,34,35)/t21-,23-. The van der Waals surface area contributed by atoms with Crippen molar-refractivity contribution >= 4 is 22.8 Å². The highest BCUT2D eigenvalue weighted by Gasteiger charge is 2.28. The van der Waals surface area contributed by atoms with Crippen molar-refractivity contribution < 1.29 is 14.1 Å². The number of hydrogen-bond acceptors (Lipinski definition) is 8. The second-order valence-electron chi connectivity index (χ2n) is 11.9. The number of carbonyl (C=O) groups excluding carboxylic acids is 1. The van der Waals surface area contributed by atoms with Crippen molar-refractivity contribution in [3.8, 4) is 22.8 Å². The van der Waals surface area contributed by atoms with Gasteiger partial charge >= 0.3 is 0 Å². The number of anilines is 1. The average molecular weight is 566 g/mol. The lowest BCUT2D eigenvalue weighted by molar-refractivity contribution is -0.121. The summed E-state index contributed by atoms with van der Waals surface area (Å²) in [5.41, 5.74) is 9.22. The van der Waals surface area contributed by atoms with Crippen molar-refractivity contribution in [2.75, 3.05) is 5.73 Å². The van der Waals surface area contributed by atoms with E-state index in [2.05, 4.69) is 41.2 Å². The highest BCUT2D eigenvalue weighted by molar-refractivity contribution is 5.98. The minimum atomic E-state index is -0.146. The van der Waals surface area contributed by atoms with Crippen LogP contribution in [-0.2, 0) is 16.6 Å². The zero-order valence-electron chi connectivity index (χ0n) is 24.1. The van der Waals surface area contributed by atoms with Gasteiger partial charge in [0.05, 0.1) is 23.5 Å². The lowest BCUT2D eigenvalue weighted by Crippen LogP contribution is -2.39. The number of amides is 1. The number of nitrogen functional groups attached to an aromatic ring is 1. The molecule has 0 saturated heterocycles. The third kappa shape index (κ3) is 5.83. The molecular weight excluding hydrogens is 530 g/mol. The fraction of sp³-hybridized carbons (Fsp3) is 0.344. The van der Waals surface area contributed by atoms with E-state index < -0.39 is 0 Å². The molecule has 0 atom stereocenters. The van der Waals surface area contributed by atoms with E-state index in [0.29, 0.717) is 11.5 Å². The summed E-state index contributed by atoms with van der Waals surface area (Å²) in [6.45, 7) is 6.17. The lowest BCUT2D eigenvalue weighted by atomic mass is 9.91.